The molecular formula is C11H8N2O2. The molecule has 0 saturated carbocycles. The summed E-state index contributed by atoms with van der Waals surface area (Å²) in [5.41, 5.74) is 1.44. The molecule has 4 heteroatoms. The van der Waals surface area contributed by atoms with Crippen LogP contribution in [0.25, 0.3) is 17.1 Å². The Balaban J connectivity index is 2.68. The van der Waals surface area contributed by atoms with E-state index >= 15 is 0 Å². The Bertz CT molecular complexity index is 692. The SMILES string of the molecule is O=c1[nH]c2cccc3c2n(c1=O)CC=C3. The van der Waals surface area contributed by atoms with Crippen LogP contribution in [-0.2, 0) is 6.54 Å². The van der Waals surface area contributed by atoms with E-state index < -0.39 is 11.1 Å². The molecule has 1 aliphatic heterocycles. The third-order valence-electron chi connectivity index (χ3n) is 2.61. The van der Waals surface area contributed by atoms with E-state index in [1.54, 1.807) is 6.07 Å². The van der Waals surface area contributed by atoms with Gasteiger partial charge in [0.25, 0.3) is 0 Å². The molecule has 0 amide bonds. The summed E-state index contributed by atoms with van der Waals surface area (Å²) in [7, 11) is 0. The molecule has 1 aromatic heterocycles. The van der Waals surface area contributed by atoms with Gasteiger partial charge in [0.2, 0.25) is 0 Å². The Morgan fingerprint density at radius 2 is 2.13 bits per heavy atom. The first kappa shape index (κ1) is 8.23. The molecule has 2 aromatic rings. The maximum atomic E-state index is 11.6. The molecule has 2 heterocycles. The second-order valence-corrected chi connectivity index (χ2v) is 3.52. The van der Waals surface area contributed by atoms with Crippen LogP contribution in [0.2, 0.25) is 0 Å². The number of para-hydroxylation sites is 1. The molecule has 0 radical (unpaired) electrons. The fourth-order valence-corrected chi connectivity index (χ4v) is 1.96. The summed E-state index contributed by atoms with van der Waals surface area (Å²) in [4.78, 5) is 25.5. The molecule has 0 saturated heterocycles. The second-order valence-electron chi connectivity index (χ2n) is 3.52. The summed E-state index contributed by atoms with van der Waals surface area (Å²) >= 11 is 0. The van der Waals surface area contributed by atoms with Crippen LogP contribution in [0, 0.1) is 0 Å². The van der Waals surface area contributed by atoms with Crippen molar-refractivity contribution in [3.63, 3.8) is 0 Å². The fourth-order valence-electron chi connectivity index (χ4n) is 1.96. The lowest BCUT2D eigenvalue weighted by Crippen LogP contribution is -2.36. The van der Waals surface area contributed by atoms with E-state index in [9.17, 15) is 9.59 Å². The monoisotopic (exact) mass is 200 g/mol. The average molecular weight is 200 g/mol. The highest BCUT2D eigenvalue weighted by atomic mass is 16.2. The standard InChI is InChI=1S/C11H8N2O2/c14-10-11(15)13-6-2-4-7-3-1-5-8(12-10)9(7)13/h1-5H,6H2,(H,12,14). The summed E-state index contributed by atoms with van der Waals surface area (Å²) in [5, 5.41) is 0. The van der Waals surface area contributed by atoms with E-state index in [2.05, 4.69) is 4.98 Å². The Morgan fingerprint density at radius 1 is 1.27 bits per heavy atom. The van der Waals surface area contributed by atoms with Crippen LogP contribution in [0.15, 0.2) is 33.9 Å². The molecule has 1 N–H and O–H groups in total. The molecule has 1 aromatic carbocycles. The quantitative estimate of drug-likeness (QED) is 0.637. The number of allylic oxidation sites excluding steroid dienone is 1. The largest absolute Gasteiger partial charge is 0.317 e. The normalized spacial score (nSPS) is 13.3. The molecule has 3 rings (SSSR count). The van der Waals surface area contributed by atoms with Crippen molar-refractivity contribution in [1.82, 2.24) is 9.55 Å². The Hall–Kier alpha value is -2.10. The van der Waals surface area contributed by atoms with E-state index in [-0.39, 0.29) is 0 Å². The number of H-pyrrole nitrogens is 1. The van der Waals surface area contributed by atoms with E-state index in [0.29, 0.717) is 12.1 Å². The molecule has 0 atom stereocenters. The van der Waals surface area contributed by atoms with Crippen molar-refractivity contribution >= 4 is 17.1 Å². The summed E-state index contributed by atoms with van der Waals surface area (Å²) in [5.74, 6) is 0. The van der Waals surface area contributed by atoms with Crippen molar-refractivity contribution in [1.29, 1.82) is 0 Å². The highest BCUT2D eigenvalue weighted by Gasteiger charge is 2.11. The van der Waals surface area contributed by atoms with Gasteiger partial charge in [0.05, 0.1) is 11.0 Å². The first-order chi connectivity index (χ1) is 7.27. The topological polar surface area (TPSA) is 54.9 Å². The number of hydrogen-bond acceptors (Lipinski definition) is 2. The predicted octanol–water partition coefficient (Wildman–Crippen LogP) is 0.717. The van der Waals surface area contributed by atoms with Crippen molar-refractivity contribution in [2.45, 2.75) is 6.54 Å². The van der Waals surface area contributed by atoms with Crippen LogP contribution in [0.5, 0.6) is 0 Å². The van der Waals surface area contributed by atoms with Gasteiger partial charge < -0.3 is 4.98 Å². The van der Waals surface area contributed by atoms with Crippen molar-refractivity contribution in [3.05, 3.63) is 50.5 Å². The van der Waals surface area contributed by atoms with Crippen LogP contribution in [0.3, 0.4) is 0 Å². The number of benzene rings is 1. The Morgan fingerprint density at radius 3 is 3.00 bits per heavy atom. The summed E-state index contributed by atoms with van der Waals surface area (Å²) < 4.78 is 1.50. The summed E-state index contributed by atoms with van der Waals surface area (Å²) in [6.45, 7) is 0.469. The molecule has 15 heavy (non-hydrogen) atoms. The number of rotatable bonds is 0. The van der Waals surface area contributed by atoms with Gasteiger partial charge in [-0.15, -0.1) is 0 Å². The number of nitrogens with zero attached hydrogens (tertiary/aromatic N) is 1. The zero-order valence-corrected chi connectivity index (χ0v) is 7.86. The molecule has 1 aliphatic rings. The first-order valence-electron chi connectivity index (χ1n) is 4.70. The van der Waals surface area contributed by atoms with E-state index in [4.69, 9.17) is 0 Å². The number of aromatic nitrogens is 2. The van der Waals surface area contributed by atoms with E-state index in [1.807, 2.05) is 24.3 Å². The average Bonchev–Trinajstić information content (AvgIpc) is 2.26. The van der Waals surface area contributed by atoms with Gasteiger partial charge in [0.1, 0.15) is 0 Å². The molecule has 0 bridgehead atoms. The minimum absolute atomic E-state index is 0.469. The Labute approximate surface area is 84.5 Å². The third-order valence-corrected chi connectivity index (χ3v) is 2.61. The maximum Gasteiger partial charge on any atom is 0.317 e. The van der Waals surface area contributed by atoms with Crippen molar-refractivity contribution in [3.8, 4) is 0 Å². The van der Waals surface area contributed by atoms with Crippen LogP contribution in [0.1, 0.15) is 5.56 Å². The van der Waals surface area contributed by atoms with Gasteiger partial charge in [-0.25, -0.2) is 0 Å². The van der Waals surface area contributed by atoms with Gasteiger partial charge in [-0.1, -0.05) is 24.3 Å². The lowest BCUT2D eigenvalue weighted by molar-refractivity contribution is 0.791. The zero-order valence-electron chi connectivity index (χ0n) is 7.86. The Kier molecular flexibility index (Phi) is 1.48. The first-order valence-corrected chi connectivity index (χ1v) is 4.70. The van der Waals surface area contributed by atoms with Crippen molar-refractivity contribution < 1.29 is 0 Å². The lowest BCUT2D eigenvalue weighted by atomic mass is 10.1. The maximum absolute atomic E-state index is 11.6. The molecule has 0 fully saturated rings. The molecule has 0 aliphatic carbocycles. The van der Waals surface area contributed by atoms with E-state index in [1.165, 1.54) is 4.57 Å². The smallest absolute Gasteiger partial charge is 0.316 e. The minimum atomic E-state index is -0.560. The second kappa shape index (κ2) is 2.70. The van der Waals surface area contributed by atoms with Crippen LogP contribution < -0.4 is 11.1 Å². The molecule has 0 spiro atoms. The lowest BCUT2D eigenvalue weighted by Gasteiger charge is -2.13. The predicted molar refractivity (Wildman–Crippen MR) is 57.9 cm³/mol. The highest BCUT2D eigenvalue weighted by molar-refractivity contribution is 5.85. The number of nitrogens with one attached hydrogen (secondary N) is 1. The van der Waals surface area contributed by atoms with Crippen molar-refractivity contribution in [2.24, 2.45) is 0 Å². The molecular weight excluding hydrogens is 192 g/mol. The summed E-state index contributed by atoms with van der Waals surface area (Å²) in [6.07, 6.45) is 3.84. The van der Waals surface area contributed by atoms with Gasteiger partial charge in [-0.3, -0.25) is 14.2 Å². The zero-order chi connectivity index (χ0) is 10.4. The van der Waals surface area contributed by atoms with Crippen LogP contribution >= 0.6 is 0 Å². The summed E-state index contributed by atoms with van der Waals surface area (Å²) in [6, 6.07) is 5.58. The molecule has 4 nitrogen and oxygen atoms in total. The van der Waals surface area contributed by atoms with E-state index in [0.717, 1.165) is 11.1 Å². The van der Waals surface area contributed by atoms with Crippen LogP contribution in [0.4, 0.5) is 0 Å². The fraction of sp³-hybridized carbons (Fsp3) is 0.0909. The van der Waals surface area contributed by atoms with Crippen LogP contribution in [-0.4, -0.2) is 9.55 Å². The highest BCUT2D eigenvalue weighted by Crippen LogP contribution is 2.19. The minimum Gasteiger partial charge on any atom is -0.316 e. The van der Waals surface area contributed by atoms with Gasteiger partial charge in [0, 0.05) is 12.1 Å². The third kappa shape index (κ3) is 1.01. The van der Waals surface area contributed by atoms with Gasteiger partial charge in [-0.2, -0.15) is 0 Å². The molecule has 74 valence electrons. The van der Waals surface area contributed by atoms with Gasteiger partial charge >= 0.3 is 11.1 Å². The molecule has 0 unspecified atom stereocenters. The van der Waals surface area contributed by atoms with Crippen molar-refractivity contribution in [2.75, 3.05) is 0 Å². The number of hydrogen-bond donors (Lipinski definition) is 1. The van der Waals surface area contributed by atoms with Gasteiger partial charge in [-0.05, 0) is 6.07 Å². The van der Waals surface area contributed by atoms with Gasteiger partial charge in [0.15, 0.2) is 0 Å². The number of aromatic amines is 1.